The van der Waals surface area contributed by atoms with Crippen LogP contribution in [-0.2, 0) is 13.0 Å². The van der Waals surface area contributed by atoms with Crippen molar-refractivity contribution in [1.29, 1.82) is 0 Å². The van der Waals surface area contributed by atoms with Gasteiger partial charge in [0.2, 0.25) is 0 Å². The Morgan fingerprint density at radius 3 is 2.56 bits per heavy atom. The van der Waals surface area contributed by atoms with Crippen molar-refractivity contribution in [2.45, 2.75) is 31.3 Å². The molecule has 2 rings (SSSR count). The Kier molecular flexibility index (Phi) is 3.00. The number of nitrogens with two attached hydrogens (primary N) is 1. The third kappa shape index (κ3) is 2.80. The Labute approximate surface area is 96.2 Å². The second-order valence-corrected chi connectivity index (χ2v) is 5.20. The molecule has 0 heterocycles. The maximum absolute atomic E-state index is 13.7. The topological polar surface area (TPSA) is 29.3 Å². The molecule has 0 bridgehead atoms. The van der Waals surface area contributed by atoms with E-state index in [4.69, 9.17) is 5.73 Å². The number of hydrogen-bond donors (Lipinski definition) is 1. The fourth-order valence-corrected chi connectivity index (χ4v) is 1.91. The van der Waals surface area contributed by atoms with Crippen LogP contribution >= 0.6 is 0 Å². The molecule has 1 aromatic carbocycles. The molecule has 88 valence electrons. The summed E-state index contributed by atoms with van der Waals surface area (Å²) in [4.78, 5) is 1.96. The first-order valence-electron chi connectivity index (χ1n) is 5.69. The summed E-state index contributed by atoms with van der Waals surface area (Å²) in [6.45, 7) is 0.639. The molecular weight excluding hydrogens is 203 g/mol. The first kappa shape index (κ1) is 11.6. The zero-order valence-electron chi connectivity index (χ0n) is 9.96. The molecule has 0 unspecified atom stereocenters. The molecule has 2 N–H and O–H groups in total. The Hall–Kier alpha value is -0.930. The molecule has 16 heavy (non-hydrogen) atoms. The SMILES string of the molecule is CN(C)Cc1ccc(CC2(N)CC2)cc1F. The lowest BCUT2D eigenvalue weighted by Crippen LogP contribution is -2.24. The molecule has 0 amide bonds. The largest absolute Gasteiger partial charge is 0.325 e. The lowest BCUT2D eigenvalue weighted by atomic mass is 10.0. The van der Waals surface area contributed by atoms with Crippen molar-refractivity contribution in [2.24, 2.45) is 5.73 Å². The van der Waals surface area contributed by atoms with Crippen LogP contribution in [0.2, 0.25) is 0 Å². The van der Waals surface area contributed by atoms with Gasteiger partial charge in [-0.05, 0) is 45.0 Å². The molecule has 1 aliphatic carbocycles. The molecule has 2 nitrogen and oxygen atoms in total. The normalized spacial score (nSPS) is 17.8. The minimum Gasteiger partial charge on any atom is -0.325 e. The molecule has 0 radical (unpaired) electrons. The van der Waals surface area contributed by atoms with E-state index >= 15 is 0 Å². The van der Waals surface area contributed by atoms with Crippen LogP contribution in [-0.4, -0.2) is 24.5 Å². The van der Waals surface area contributed by atoms with Gasteiger partial charge in [0, 0.05) is 17.6 Å². The van der Waals surface area contributed by atoms with E-state index in [1.54, 1.807) is 6.07 Å². The number of rotatable bonds is 4. The Morgan fingerprint density at radius 1 is 1.38 bits per heavy atom. The van der Waals surface area contributed by atoms with Crippen molar-refractivity contribution in [3.8, 4) is 0 Å². The highest BCUT2D eigenvalue weighted by Gasteiger charge is 2.37. The van der Waals surface area contributed by atoms with Gasteiger partial charge in [0.05, 0.1) is 0 Å². The van der Waals surface area contributed by atoms with Crippen molar-refractivity contribution in [3.05, 3.63) is 35.1 Å². The quantitative estimate of drug-likeness (QED) is 0.843. The van der Waals surface area contributed by atoms with E-state index in [2.05, 4.69) is 0 Å². The van der Waals surface area contributed by atoms with Crippen LogP contribution in [0.25, 0.3) is 0 Å². The smallest absolute Gasteiger partial charge is 0.127 e. The third-order valence-electron chi connectivity index (χ3n) is 3.05. The van der Waals surface area contributed by atoms with Gasteiger partial charge < -0.3 is 10.6 Å². The minimum atomic E-state index is -0.115. The van der Waals surface area contributed by atoms with Crippen molar-refractivity contribution in [2.75, 3.05) is 14.1 Å². The van der Waals surface area contributed by atoms with Crippen molar-refractivity contribution < 1.29 is 4.39 Å². The highest BCUT2D eigenvalue weighted by atomic mass is 19.1. The number of halogens is 1. The van der Waals surface area contributed by atoms with Crippen LogP contribution in [0.15, 0.2) is 18.2 Å². The average Bonchev–Trinajstić information content (AvgIpc) is 2.88. The van der Waals surface area contributed by atoms with Crippen LogP contribution in [0.3, 0.4) is 0 Å². The van der Waals surface area contributed by atoms with E-state index in [0.717, 1.165) is 30.4 Å². The zero-order valence-corrected chi connectivity index (χ0v) is 9.96. The third-order valence-corrected chi connectivity index (χ3v) is 3.05. The van der Waals surface area contributed by atoms with E-state index in [1.807, 2.05) is 31.1 Å². The summed E-state index contributed by atoms with van der Waals surface area (Å²) >= 11 is 0. The van der Waals surface area contributed by atoms with Gasteiger partial charge in [0.15, 0.2) is 0 Å². The lowest BCUT2D eigenvalue weighted by molar-refractivity contribution is 0.392. The van der Waals surface area contributed by atoms with Crippen LogP contribution in [0.1, 0.15) is 24.0 Å². The second kappa shape index (κ2) is 4.15. The fourth-order valence-electron chi connectivity index (χ4n) is 1.91. The number of nitrogens with zero attached hydrogens (tertiary/aromatic N) is 1. The number of benzene rings is 1. The highest BCUT2D eigenvalue weighted by molar-refractivity contribution is 5.27. The molecule has 1 aliphatic rings. The van der Waals surface area contributed by atoms with E-state index in [1.165, 1.54) is 0 Å². The van der Waals surface area contributed by atoms with Gasteiger partial charge in [-0.15, -0.1) is 0 Å². The summed E-state index contributed by atoms with van der Waals surface area (Å²) in [6, 6.07) is 5.50. The highest BCUT2D eigenvalue weighted by Crippen LogP contribution is 2.35. The Balaban J connectivity index is 2.09. The summed E-state index contributed by atoms with van der Waals surface area (Å²) in [5, 5.41) is 0. The molecular formula is C13H19FN2. The summed E-state index contributed by atoms with van der Waals surface area (Å²) in [5.74, 6) is -0.115. The van der Waals surface area contributed by atoms with Gasteiger partial charge in [0.25, 0.3) is 0 Å². The van der Waals surface area contributed by atoms with E-state index in [0.29, 0.717) is 6.54 Å². The molecule has 3 heteroatoms. The van der Waals surface area contributed by atoms with E-state index in [-0.39, 0.29) is 11.4 Å². The van der Waals surface area contributed by atoms with Crippen molar-refractivity contribution >= 4 is 0 Å². The summed E-state index contributed by atoms with van der Waals surface area (Å²) in [5.41, 5.74) is 7.73. The summed E-state index contributed by atoms with van der Waals surface area (Å²) < 4.78 is 13.7. The molecule has 0 saturated heterocycles. The first-order chi connectivity index (χ1) is 7.48. The van der Waals surface area contributed by atoms with Crippen molar-refractivity contribution in [1.82, 2.24) is 4.90 Å². The molecule has 0 aromatic heterocycles. The zero-order chi connectivity index (χ0) is 11.8. The Bertz CT molecular complexity index is 384. The fraction of sp³-hybridized carbons (Fsp3) is 0.538. The van der Waals surface area contributed by atoms with E-state index < -0.39 is 0 Å². The molecule has 1 aromatic rings. The van der Waals surface area contributed by atoms with Crippen LogP contribution in [0, 0.1) is 5.82 Å². The van der Waals surface area contributed by atoms with Gasteiger partial charge in [-0.1, -0.05) is 12.1 Å². The predicted molar refractivity (Wildman–Crippen MR) is 63.6 cm³/mol. The summed E-state index contributed by atoms with van der Waals surface area (Å²) in [7, 11) is 3.87. The van der Waals surface area contributed by atoms with Crippen molar-refractivity contribution in [3.63, 3.8) is 0 Å². The monoisotopic (exact) mass is 222 g/mol. The van der Waals surface area contributed by atoms with Gasteiger partial charge >= 0.3 is 0 Å². The van der Waals surface area contributed by atoms with Gasteiger partial charge in [0.1, 0.15) is 5.82 Å². The predicted octanol–water partition coefficient (Wildman–Crippen LogP) is 1.92. The number of hydrogen-bond acceptors (Lipinski definition) is 2. The van der Waals surface area contributed by atoms with Crippen LogP contribution in [0.5, 0.6) is 0 Å². The van der Waals surface area contributed by atoms with Crippen LogP contribution < -0.4 is 5.73 Å². The molecule has 0 atom stereocenters. The maximum atomic E-state index is 13.7. The lowest BCUT2D eigenvalue weighted by Gasteiger charge is -2.13. The van der Waals surface area contributed by atoms with E-state index in [9.17, 15) is 4.39 Å². The second-order valence-electron chi connectivity index (χ2n) is 5.20. The van der Waals surface area contributed by atoms with Gasteiger partial charge in [-0.2, -0.15) is 0 Å². The van der Waals surface area contributed by atoms with Gasteiger partial charge in [-0.3, -0.25) is 0 Å². The molecule has 0 aliphatic heterocycles. The summed E-state index contributed by atoms with van der Waals surface area (Å²) in [6.07, 6.45) is 2.92. The van der Waals surface area contributed by atoms with Gasteiger partial charge in [-0.25, -0.2) is 4.39 Å². The molecule has 1 saturated carbocycles. The van der Waals surface area contributed by atoms with Crippen LogP contribution in [0.4, 0.5) is 4.39 Å². The molecule has 1 fully saturated rings. The molecule has 0 spiro atoms. The Morgan fingerprint density at radius 2 is 2.06 bits per heavy atom. The average molecular weight is 222 g/mol. The standard InChI is InChI=1S/C13H19FN2/c1-16(2)9-11-4-3-10(7-12(11)14)8-13(15)5-6-13/h3-4,7H,5-6,8-9,15H2,1-2H3. The minimum absolute atomic E-state index is 0.0461. The first-order valence-corrected chi connectivity index (χ1v) is 5.69. The maximum Gasteiger partial charge on any atom is 0.127 e.